The molecule has 2 aromatic rings. The van der Waals surface area contributed by atoms with Gasteiger partial charge >= 0.3 is 0 Å². The first-order valence-corrected chi connectivity index (χ1v) is 4.84. The summed E-state index contributed by atoms with van der Waals surface area (Å²) in [4.78, 5) is 11.7. The summed E-state index contributed by atoms with van der Waals surface area (Å²) in [5.41, 5.74) is 1.58. The third-order valence-electron chi connectivity index (χ3n) is 1.85. The number of carbonyl (C=O) groups excluding carboxylic acids is 1. The van der Waals surface area contributed by atoms with Gasteiger partial charge in [0.2, 0.25) is 5.78 Å². The van der Waals surface area contributed by atoms with Crippen molar-refractivity contribution < 1.29 is 9.21 Å². The fourth-order valence-corrected chi connectivity index (χ4v) is 1.77. The van der Waals surface area contributed by atoms with Gasteiger partial charge in [-0.1, -0.05) is 0 Å². The molecule has 2 aromatic heterocycles. The molecule has 2 rings (SSSR count). The van der Waals surface area contributed by atoms with Crippen LogP contribution in [-0.2, 0) is 0 Å². The van der Waals surface area contributed by atoms with Crippen LogP contribution in [-0.4, -0.2) is 5.78 Å². The molecule has 0 atom stereocenters. The largest absolute Gasteiger partial charge is 0.461 e. The molecule has 0 spiro atoms. The number of hydrogen-bond acceptors (Lipinski definition) is 3. The first kappa shape index (κ1) is 8.26. The van der Waals surface area contributed by atoms with Gasteiger partial charge < -0.3 is 4.42 Å². The first-order valence-electron chi connectivity index (χ1n) is 3.90. The van der Waals surface area contributed by atoms with E-state index < -0.39 is 0 Å². The maximum Gasteiger partial charge on any atom is 0.229 e. The van der Waals surface area contributed by atoms with Crippen LogP contribution in [0, 0.1) is 6.92 Å². The second kappa shape index (κ2) is 3.18. The number of furan rings is 1. The fourth-order valence-electron chi connectivity index (χ4n) is 1.13. The molecule has 0 aliphatic heterocycles. The van der Waals surface area contributed by atoms with E-state index in [1.807, 2.05) is 17.7 Å². The molecule has 0 unspecified atom stereocenters. The Balaban J connectivity index is 2.39. The predicted octanol–water partition coefficient (Wildman–Crippen LogP) is 2.88. The van der Waals surface area contributed by atoms with Gasteiger partial charge in [0.1, 0.15) is 0 Å². The van der Waals surface area contributed by atoms with Crippen molar-refractivity contribution in [2.75, 3.05) is 0 Å². The number of aryl methyl sites for hydroxylation is 1. The van der Waals surface area contributed by atoms with E-state index in [0.29, 0.717) is 11.3 Å². The molecule has 0 radical (unpaired) electrons. The maximum absolute atomic E-state index is 11.7. The summed E-state index contributed by atoms with van der Waals surface area (Å²) < 4.78 is 5.10. The lowest BCUT2D eigenvalue weighted by molar-refractivity contribution is 0.101. The van der Waals surface area contributed by atoms with Crippen LogP contribution in [0.2, 0.25) is 0 Å². The Morgan fingerprint density at radius 1 is 1.46 bits per heavy atom. The van der Waals surface area contributed by atoms with Crippen LogP contribution in [0.25, 0.3) is 0 Å². The molecule has 0 saturated heterocycles. The van der Waals surface area contributed by atoms with Crippen molar-refractivity contribution in [1.82, 2.24) is 0 Å². The number of ketones is 1. The molecule has 0 fully saturated rings. The molecule has 0 aliphatic carbocycles. The minimum atomic E-state index is -0.0382. The highest BCUT2D eigenvalue weighted by molar-refractivity contribution is 7.08. The Morgan fingerprint density at radius 3 is 2.85 bits per heavy atom. The highest BCUT2D eigenvalue weighted by atomic mass is 32.1. The predicted molar refractivity (Wildman–Crippen MR) is 51.2 cm³/mol. The topological polar surface area (TPSA) is 30.2 Å². The summed E-state index contributed by atoms with van der Waals surface area (Å²) in [6.07, 6.45) is 1.54. The zero-order chi connectivity index (χ0) is 9.26. The van der Waals surface area contributed by atoms with E-state index in [-0.39, 0.29) is 5.78 Å². The molecule has 3 heteroatoms. The van der Waals surface area contributed by atoms with Gasteiger partial charge in [-0.25, -0.2) is 0 Å². The van der Waals surface area contributed by atoms with Crippen molar-refractivity contribution in [3.8, 4) is 0 Å². The highest BCUT2D eigenvalue weighted by Gasteiger charge is 2.14. The van der Waals surface area contributed by atoms with Gasteiger partial charge in [0.15, 0.2) is 5.76 Å². The van der Waals surface area contributed by atoms with E-state index >= 15 is 0 Å². The molecule has 0 aromatic carbocycles. The molecule has 13 heavy (non-hydrogen) atoms. The van der Waals surface area contributed by atoms with Crippen molar-refractivity contribution >= 4 is 17.1 Å². The Labute approximate surface area is 79.8 Å². The molecule has 0 N–H and O–H groups in total. The van der Waals surface area contributed by atoms with Gasteiger partial charge in [-0.2, -0.15) is 11.3 Å². The van der Waals surface area contributed by atoms with Crippen molar-refractivity contribution in [3.63, 3.8) is 0 Å². The zero-order valence-corrected chi connectivity index (χ0v) is 7.93. The standard InChI is InChI=1S/C10H8O2S/c1-7-2-4-12-10(7)9(11)8-3-5-13-6-8/h2-6H,1H3. The minimum Gasteiger partial charge on any atom is -0.461 e. The molecule has 0 bridgehead atoms. The van der Waals surface area contributed by atoms with Crippen molar-refractivity contribution in [2.24, 2.45) is 0 Å². The Morgan fingerprint density at radius 2 is 2.31 bits per heavy atom. The molecule has 66 valence electrons. The van der Waals surface area contributed by atoms with E-state index in [1.54, 1.807) is 12.1 Å². The molecule has 0 aliphatic rings. The lowest BCUT2D eigenvalue weighted by Gasteiger charge is -1.93. The van der Waals surface area contributed by atoms with Crippen LogP contribution >= 0.6 is 11.3 Å². The van der Waals surface area contributed by atoms with E-state index in [1.165, 1.54) is 17.6 Å². The van der Waals surface area contributed by atoms with Crippen LogP contribution in [0.15, 0.2) is 33.6 Å². The molecule has 2 nitrogen and oxygen atoms in total. The SMILES string of the molecule is Cc1ccoc1C(=O)c1ccsc1. The van der Waals surface area contributed by atoms with Crippen molar-refractivity contribution in [2.45, 2.75) is 6.92 Å². The van der Waals surface area contributed by atoms with E-state index in [0.717, 1.165) is 5.56 Å². The summed E-state index contributed by atoms with van der Waals surface area (Å²) in [6, 6.07) is 3.59. The Hall–Kier alpha value is -1.35. The maximum atomic E-state index is 11.7. The Kier molecular flexibility index (Phi) is 2.02. The summed E-state index contributed by atoms with van der Waals surface area (Å²) >= 11 is 1.51. The van der Waals surface area contributed by atoms with Crippen LogP contribution in [0.4, 0.5) is 0 Å². The van der Waals surface area contributed by atoms with Crippen LogP contribution in [0.1, 0.15) is 21.7 Å². The van der Waals surface area contributed by atoms with Crippen molar-refractivity contribution in [1.29, 1.82) is 0 Å². The van der Waals surface area contributed by atoms with Gasteiger partial charge in [-0.15, -0.1) is 0 Å². The normalized spacial score (nSPS) is 10.2. The summed E-state index contributed by atoms with van der Waals surface area (Å²) in [5.74, 6) is 0.405. The molecule has 2 heterocycles. The second-order valence-electron chi connectivity index (χ2n) is 2.77. The fraction of sp³-hybridized carbons (Fsp3) is 0.100. The highest BCUT2D eigenvalue weighted by Crippen LogP contribution is 2.16. The molecular formula is C10H8O2S. The van der Waals surface area contributed by atoms with Crippen LogP contribution in [0.3, 0.4) is 0 Å². The van der Waals surface area contributed by atoms with E-state index in [9.17, 15) is 4.79 Å². The van der Waals surface area contributed by atoms with Gasteiger partial charge in [-0.3, -0.25) is 4.79 Å². The number of carbonyl (C=O) groups is 1. The third kappa shape index (κ3) is 1.42. The zero-order valence-electron chi connectivity index (χ0n) is 7.11. The van der Waals surface area contributed by atoms with E-state index in [2.05, 4.69) is 0 Å². The second-order valence-corrected chi connectivity index (χ2v) is 3.55. The average molecular weight is 192 g/mol. The van der Waals surface area contributed by atoms with Gasteiger partial charge in [0.25, 0.3) is 0 Å². The smallest absolute Gasteiger partial charge is 0.229 e. The quantitative estimate of drug-likeness (QED) is 0.685. The molecular weight excluding hydrogens is 184 g/mol. The van der Waals surface area contributed by atoms with Crippen molar-refractivity contribution in [3.05, 3.63) is 46.0 Å². The molecule has 0 saturated carbocycles. The van der Waals surface area contributed by atoms with Gasteiger partial charge in [0, 0.05) is 10.9 Å². The average Bonchev–Trinajstić information content (AvgIpc) is 2.72. The number of thiophene rings is 1. The lowest BCUT2D eigenvalue weighted by Crippen LogP contribution is -1.98. The number of hydrogen-bond donors (Lipinski definition) is 0. The first-order chi connectivity index (χ1) is 6.29. The van der Waals surface area contributed by atoms with E-state index in [4.69, 9.17) is 4.42 Å². The van der Waals surface area contributed by atoms with Gasteiger partial charge in [0.05, 0.1) is 6.26 Å². The Bertz CT molecular complexity index is 412. The summed E-state index contributed by atoms with van der Waals surface area (Å²) in [6.45, 7) is 1.86. The third-order valence-corrected chi connectivity index (χ3v) is 2.53. The minimum absolute atomic E-state index is 0.0382. The van der Waals surface area contributed by atoms with Crippen LogP contribution in [0.5, 0.6) is 0 Å². The monoisotopic (exact) mass is 192 g/mol. The van der Waals surface area contributed by atoms with Crippen LogP contribution < -0.4 is 0 Å². The molecule has 0 amide bonds. The summed E-state index contributed by atoms with van der Waals surface area (Å²) in [7, 11) is 0. The summed E-state index contributed by atoms with van der Waals surface area (Å²) in [5, 5.41) is 3.70. The van der Waals surface area contributed by atoms with Gasteiger partial charge in [-0.05, 0) is 30.0 Å². The lowest BCUT2D eigenvalue weighted by atomic mass is 10.1. The number of rotatable bonds is 2.